The molecule has 2 heterocycles. The molecule has 168 valence electrons. The van der Waals surface area contributed by atoms with Crippen molar-refractivity contribution in [1.29, 1.82) is 0 Å². The van der Waals surface area contributed by atoms with Crippen LogP contribution in [0.2, 0.25) is 0 Å². The zero-order valence-corrected chi connectivity index (χ0v) is 19.0. The molecule has 0 atom stereocenters. The number of benzene rings is 2. The molecule has 0 radical (unpaired) electrons. The van der Waals surface area contributed by atoms with Crippen LogP contribution in [0.5, 0.6) is 0 Å². The third kappa shape index (κ3) is 4.63. The SMILES string of the molecule is Cc1ccc(-c2ncn(C3CCCCC3)c2-c2ccc(C(=O)NCc3ccccc3)o2)cc1. The van der Waals surface area contributed by atoms with E-state index in [0.29, 0.717) is 24.1 Å². The Labute approximate surface area is 194 Å². The minimum atomic E-state index is -0.217. The summed E-state index contributed by atoms with van der Waals surface area (Å²) < 4.78 is 8.39. The van der Waals surface area contributed by atoms with Gasteiger partial charge in [-0.2, -0.15) is 0 Å². The molecule has 1 aliphatic rings. The molecule has 1 saturated carbocycles. The number of nitrogens with zero attached hydrogens (tertiary/aromatic N) is 2. The maximum absolute atomic E-state index is 12.8. The highest BCUT2D eigenvalue weighted by molar-refractivity contribution is 5.92. The lowest BCUT2D eigenvalue weighted by molar-refractivity contribution is 0.0924. The second-order valence-electron chi connectivity index (χ2n) is 8.84. The van der Waals surface area contributed by atoms with Gasteiger partial charge in [0.25, 0.3) is 5.91 Å². The van der Waals surface area contributed by atoms with Gasteiger partial charge in [0.2, 0.25) is 0 Å². The van der Waals surface area contributed by atoms with E-state index in [2.05, 4.69) is 41.1 Å². The van der Waals surface area contributed by atoms with Crippen LogP contribution in [0.15, 0.2) is 77.5 Å². The molecule has 1 fully saturated rings. The largest absolute Gasteiger partial charge is 0.449 e. The van der Waals surface area contributed by atoms with Crippen LogP contribution in [-0.2, 0) is 6.54 Å². The van der Waals surface area contributed by atoms with Gasteiger partial charge in [-0.1, -0.05) is 79.4 Å². The molecule has 1 N–H and O–H groups in total. The average Bonchev–Trinajstić information content (AvgIpc) is 3.52. The van der Waals surface area contributed by atoms with Gasteiger partial charge in [-0.25, -0.2) is 4.98 Å². The fourth-order valence-electron chi connectivity index (χ4n) is 4.62. The van der Waals surface area contributed by atoms with Gasteiger partial charge in [-0.15, -0.1) is 0 Å². The normalized spacial score (nSPS) is 14.3. The van der Waals surface area contributed by atoms with Crippen molar-refractivity contribution in [2.45, 2.75) is 51.6 Å². The summed E-state index contributed by atoms with van der Waals surface area (Å²) in [7, 11) is 0. The monoisotopic (exact) mass is 439 g/mol. The Hall–Kier alpha value is -3.60. The predicted octanol–water partition coefficient (Wildman–Crippen LogP) is 6.55. The molecule has 0 aliphatic heterocycles. The van der Waals surface area contributed by atoms with Crippen molar-refractivity contribution in [3.05, 3.63) is 89.9 Å². The molecule has 2 aromatic carbocycles. The quantitative estimate of drug-likeness (QED) is 0.370. The average molecular weight is 440 g/mol. The maximum Gasteiger partial charge on any atom is 0.287 e. The van der Waals surface area contributed by atoms with Gasteiger partial charge in [-0.05, 0) is 37.5 Å². The smallest absolute Gasteiger partial charge is 0.287 e. The van der Waals surface area contributed by atoms with E-state index in [1.54, 1.807) is 6.07 Å². The number of hydrogen-bond donors (Lipinski definition) is 1. The minimum absolute atomic E-state index is 0.217. The topological polar surface area (TPSA) is 60.1 Å². The number of carbonyl (C=O) groups excluding carboxylic acids is 1. The van der Waals surface area contributed by atoms with Crippen molar-refractivity contribution < 1.29 is 9.21 Å². The van der Waals surface area contributed by atoms with Crippen molar-refractivity contribution in [2.75, 3.05) is 0 Å². The Morgan fingerprint density at radius 1 is 1.00 bits per heavy atom. The standard InChI is InChI=1S/C28H29N3O2/c1-20-12-14-22(15-13-20)26-27(31(19-30-26)23-10-6-3-7-11-23)24-16-17-25(33-24)28(32)29-18-21-8-4-2-5-9-21/h2,4-5,8-9,12-17,19,23H,3,6-7,10-11,18H2,1H3,(H,29,32). The third-order valence-electron chi connectivity index (χ3n) is 6.45. The number of hydrogen-bond acceptors (Lipinski definition) is 3. The van der Waals surface area contributed by atoms with Crippen molar-refractivity contribution in [2.24, 2.45) is 0 Å². The van der Waals surface area contributed by atoms with Crippen molar-refractivity contribution in [3.63, 3.8) is 0 Å². The molecule has 0 saturated heterocycles. The Kier molecular flexibility index (Phi) is 6.11. The molecule has 5 nitrogen and oxygen atoms in total. The number of amides is 1. The third-order valence-corrected chi connectivity index (χ3v) is 6.45. The fraction of sp³-hybridized carbons (Fsp3) is 0.286. The van der Waals surface area contributed by atoms with Gasteiger partial charge >= 0.3 is 0 Å². The van der Waals surface area contributed by atoms with E-state index in [1.807, 2.05) is 42.7 Å². The maximum atomic E-state index is 12.8. The molecule has 0 unspecified atom stereocenters. The lowest BCUT2D eigenvalue weighted by atomic mass is 9.95. The van der Waals surface area contributed by atoms with E-state index in [9.17, 15) is 4.79 Å². The van der Waals surface area contributed by atoms with E-state index in [-0.39, 0.29) is 5.91 Å². The highest BCUT2D eigenvalue weighted by Gasteiger charge is 2.25. The summed E-state index contributed by atoms with van der Waals surface area (Å²) in [6.07, 6.45) is 7.97. The molecule has 4 aromatic rings. The van der Waals surface area contributed by atoms with Crippen LogP contribution in [0.3, 0.4) is 0 Å². The summed E-state index contributed by atoms with van der Waals surface area (Å²) in [5.74, 6) is 0.774. The van der Waals surface area contributed by atoms with Crippen molar-refractivity contribution in [3.8, 4) is 22.7 Å². The molecule has 0 bridgehead atoms. The number of aryl methyl sites for hydroxylation is 1. The first-order chi connectivity index (χ1) is 16.2. The first-order valence-corrected chi connectivity index (χ1v) is 11.8. The van der Waals surface area contributed by atoms with Gasteiger partial charge in [0, 0.05) is 18.2 Å². The van der Waals surface area contributed by atoms with Gasteiger partial charge in [0.15, 0.2) is 11.5 Å². The van der Waals surface area contributed by atoms with Crippen LogP contribution in [0.25, 0.3) is 22.7 Å². The lowest BCUT2D eigenvalue weighted by Gasteiger charge is -2.24. The number of carbonyl (C=O) groups is 1. The van der Waals surface area contributed by atoms with E-state index < -0.39 is 0 Å². The Morgan fingerprint density at radius 2 is 1.76 bits per heavy atom. The predicted molar refractivity (Wildman–Crippen MR) is 130 cm³/mol. The molecule has 0 spiro atoms. The zero-order valence-electron chi connectivity index (χ0n) is 19.0. The Balaban J connectivity index is 1.46. The summed E-state index contributed by atoms with van der Waals surface area (Å²) in [6, 6.07) is 22.3. The molecular weight excluding hydrogens is 410 g/mol. The number of nitrogens with one attached hydrogen (secondary N) is 1. The van der Waals surface area contributed by atoms with Crippen LogP contribution in [0.1, 0.15) is 59.8 Å². The Bertz CT molecular complexity index is 1220. The van der Waals surface area contributed by atoms with Gasteiger partial charge in [0.1, 0.15) is 5.69 Å². The van der Waals surface area contributed by atoms with Crippen LogP contribution >= 0.6 is 0 Å². The number of furan rings is 1. The highest BCUT2D eigenvalue weighted by atomic mass is 16.4. The summed E-state index contributed by atoms with van der Waals surface area (Å²) >= 11 is 0. The van der Waals surface area contributed by atoms with Gasteiger partial charge in [0.05, 0.1) is 12.0 Å². The van der Waals surface area contributed by atoms with Crippen molar-refractivity contribution in [1.82, 2.24) is 14.9 Å². The molecule has 33 heavy (non-hydrogen) atoms. The molecule has 1 aliphatic carbocycles. The molecule has 1 amide bonds. The molecule has 5 heteroatoms. The Morgan fingerprint density at radius 3 is 2.52 bits per heavy atom. The lowest BCUT2D eigenvalue weighted by Crippen LogP contribution is -2.22. The van der Waals surface area contributed by atoms with Crippen LogP contribution in [0.4, 0.5) is 0 Å². The summed E-state index contributed by atoms with van der Waals surface area (Å²) in [5, 5.41) is 2.95. The number of imidazole rings is 1. The van der Waals surface area contributed by atoms with Gasteiger partial charge < -0.3 is 14.3 Å². The number of rotatable bonds is 6. The van der Waals surface area contributed by atoms with Gasteiger partial charge in [-0.3, -0.25) is 4.79 Å². The molecular formula is C28H29N3O2. The van der Waals surface area contributed by atoms with E-state index in [0.717, 1.165) is 35.4 Å². The fourth-order valence-corrected chi connectivity index (χ4v) is 4.62. The van der Waals surface area contributed by atoms with E-state index >= 15 is 0 Å². The van der Waals surface area contributed by atoms with Crippen LogP contribution in [-0.4, -0.2) is 15.5 Å². The first kappa shape index (κ1) is 21.3. The van der Waals surface area contributed by atoms with Crippen molar-refractivity contribution >= 4 is 5.91 Å². The number of aromatic nitrogens is 2. The minimum Gasteiger partial charge on any atom is -0.449 e. The van der Waals surface area contributed by atoms with Crippen LogP contribution in [0, 0.1) is 6.92 Å². The zero-order chi connectivity index (χ0) is 22.6. The summed E-state index contributed by atoms with van der Waals surface area (Å²) in [4.78, 5) is 17.6. The molecule has 5 rings (SSSR count). The van der Waals surface area contributed by atoms with E-state index in [4.69, 9.17) is 9.40 Å². The first-order valence-electron chi connectivity index (χ1n) is 11.8. The van der Waals surface area contributed by atoms with E-state index in [1.165, 1.54) is 24.8 Å². The summed E-state index contributed by atoms with van der Waals surface area (Å²) in [5.41, 5.74) is 5.16. The summed E-state index contributed by atoms with van der Waals surface area (Å²) in [6.45, 7) is 2.54. The highest BCUT2D eigenvalue weighted by Crippen LogP contribution is 2.38. The molecule has 2 aromatic heterocycles. The second-order valence-corrected chi connectivity index (χ2v) is 8.84. The van der Waals surface area contributed by atoms with Crippen LogP contribution < -0.4 is 5.32 Å². The second kappa shape index (κ2) is 9.49.